The van der Waals surface area contributed by atoms with Crippen LogP contribution in [0.2, 0.25) is 0 Å². The average Bonchev–Trinajstić information content (AvgIpc) is 2.42. The minimum atomic E-state index is -3.62. The number of aryl methyl sites for hydroxylation is 2. The van der Waals surface area contributed by atoms with Gasteiger partial charge in [0.1, 0.15) is 0 Å². The monoisotopic (exact) mass is 277 g/mol. The fourth-order valence-electron chi connectivity index (χ4n) is 1.51. The second-order valence-electron chi connectivity index (χ2n) is 3.90. The Bertz CT molecular complexity index is 518. The van der Waals surface area contributed by atoms with Crippen molar-refractivity contribution < 1.29 is 18.3 Å². The lowest BCUT2D eigenvalue weighted by Gasteiger charge is -2.11. The van der Waals surface area contributed by atoms with Crippen LogP contribution >= 0.6 is 11.3 Å². The zero-order valence-electron chi connectivity index (χ0n) is 9.85. The number of aliphatic carboxylic acids is 1. The van der Waals surface area contributed by atoms with Gasteiger partial charge >= 0.3 is 5.97 Å². The van der Waals surface area contributed by atoms with E-state index in [2.05, 4.69) is 4.72 Å². The molecule has 1 aromatic rings. The molecule has 0 aliphatic rings. The fraction of sp³-hybridized carbons (Fsp3) is 0.500. The highest BCUT2D eigenvalue weighted by molar-refractivity contribution is 7.89. The van der Waals surface area contributed by atoms with Crippen LogP contribution in [0.25, 0.3) is 0 Å². The SMILES string of the molecule is Cc1cc(S(=O)(=O)NC(C)CC(=O)O)c(C)s1. The first kappa shape index (κ1) is 14.1. The standard InChI is InChI=1S/C10H15NO4S2/c1-6(4-10(12)13)11-17(14,15)9-5-7(2)16-8(9)3/h5-6,11H,4H2,1-3H3,(H,12,13). The number of hydrogen-bond acceptors (Lipinski definition) is 4. The summed E-state index contributed by atoms with van der Waals surface area (Å²) < 4.78 is 26.3. The Labute approximate surface area is 105 Å². The predicted octanol–water partition coefficient (Wildman–Crippen LogP) is 1.51. The first-order valence-corrected chi connectivity index (χ1v) is 7.33. The molecule has 1 atom stereocenters. The third-order valence-corrected chi connectivity index (χ3v) is 4.93. The summed E-state index contributed by atoms with van der Waals surface area (Å²) in [6, 6.07) is 0.965. The van der Waals surface area contributed by atoms with Crippen LogP contribution in [0.3, 0.4) is 0 Å². The minimum Gasteiger partial charge on any atom is -0.481 e. The molecule has 1 heterocycles. The van der Waals surface area contributed by atoms with E-state index in [9.17, 15) is 13.2 Å². The average molecular weight is 277 g/mol. The molecule has 1 aromatic heterocycles. The zero-order chi connectivity index (χ0) is 13.2. The molecular formula is C10H15NO4S2. The Morgan fingerprint density at radius 3 is 2.53 bits per heavy atom. The van der Waals surface area contributed by atoms with Gasteiger partial charge in [0.2, 0.25) is 10.0 Å². The van der Waals surface area contributed by atoms with Crippen molar-refractivity contribution in [3.05, 3.63) is 15.8 Å². The number of nitrogens with one attached hydrogen (secondary N) is 1. The third-order valence-electron chi connectivity index (χ3n) is 2.12. The van der Waals surface area contributed by atoms with Crippen LogP contribution in [-0.4, -0.2) is 25.5 Å². The Hall–Kier alpha value is -0.920. The van der Waals surface area contributed by atoms with Crippen molar-refractivity contribution >= 4 is 27.3 Å². The first-order chi connectivity index (χ1) is 7.72. The summed E-state index contributed by atoms with van der Waals surface area (Å²) in [4.78, 5) is 12.3. The quantitative estimate of drug-likeness (QED) is 0.854. The van der Waals surface area contributed by atoms with Crippen molar-refractivity contribution in [3.63, 3.8) is 0 Å². The number of hydrogen-bond donors (Lipinski definition) is 2. The topological polar surface area (TPSA) is 83.5 Å². The molecule has 5 nitrogen and oxygen atoms in total. The molecule has 0 radical (unpaired) electrons. The maximum absolute atomic E-state index is 12.0. The molecule has 96 valence electrons. The Morgan fingerprint density at radius 1 is 1.53 bits per heavy atom. The van der Waals surface area contributed by atoms with Crippen molar-refractivity contribution in [3.8, 4) is 0 Å². The second-order valence-corrected chi connectivity index (χ2v) is 7.04. The lowest BCUT2D eigenvalue weighted by atomic mass is 10.3. The molecule has 0 spiro atoms. The molecule has 2 N–H and O–H groups in total. The van der Waals surface area contributed by atoms with Crippen LogP contribution in [0.1, 0.15) is 23.1 Å². The molecule has 17 heavy (non-hydrogen) atoms. The molecule has 0 saturated carbocycles. The first-order valence-electron chi connectivity index (χ1n) is 5.03. The van der Waals surface area contributed by atoms with Crippen LogP contribution in [0, 0.1) is 13.8 Å². The maximum Gasteiger partial charge on any atom is 0.304 e. The van der Waals surface area contributed by atoms with Gasteiger partial charge in [-0.3, -0.25) is 4.79 Å². The molecule has 0 saturated heterocycles. The van der Waals surface area contributed by atoms with Gasteiger partial charge in [-0.1, -0.05) is 0 Å². The van der Waals surface area contributed by atoms with E-state index in [1.54, 1.807) is 13.0 Å². The van der Waals surface area contributed by atoms with E-state index in [1.165, 1.54) is 18.3 Å². The minimum absolute atomic E-state index is 0.234. The number of rotatable bonds is 5. The second kappa shape index (κ2) is 5.16. The molecule has 0 bridgehead atoms. The van der Waals surface area contributed by atoms with Crippen LogP contribution in [0.5, 0.6) is 0 Å². The summed E-state index contributed by atoms with van der Waals surface area (Å²) in [6.45, 7) is 5.09. The Balaban J connectivity index is 2.89. The molecule has 1 rings (SSSR count). The largest absolute Gasteiger partial charge is 0.481 e. The molecule has 1 unspecified atom stereocenters. The summed E-state index contributed by atoms with van der Waals surface area (Å²) in [6.07, 6.45) is -0.235. The lowest BCUT2D eigenvalue weighted by molar-refractivity contribution is -0.137. The number of thiophene rings is 1. The summed E-state index contributed by atoms with van der Waals surface area (Å²) in [5.41, 5.74) is 0. The predicted molar refractivity (Wildman–Crippen MR) is 65.8 cm³/mol. The van der Waals surface area contributed by atoms with Gasteiger partial charge in [-0.15, -0.1) is 11.3 Å². The van der Waals surface area contributed by atoms with E-state index in [4.69, 9.17) is 5.11 Å². The van der Waals surface area contributed by atoms with Crippen molar-refractivity contribution in [1.82, 2.24) is 4.72 Å². The van der Waals surface area contributed by atoms with Gasteiger partial charge in [0.15, 0.2) is 0 Å². The van der Waals surface area contributed by atoms with E-state index in [0.717, 1.165) is 4.88 Å². The van der Waals surface area contributed by atoms with Crippen molar-refractivity contribution in [1.29, 1.82) is 0 Å². The van der Waals surface area contributed by atoms with E-state index < -0.39 is 22.0 Å². The third kappa shape index (κ3) is 3.79. The van der Waals surface area contributed by atoms with Crippen molar-refractivity contribution in [2.45, 2.75) is 38.1 Å². The number of carbonyl (C=O) groups is 1. The summed E-state index contributed by atoms with van der Waals surface area (Å²) >= 11 is 1.40. The molecule has 0 aliphatic carbocycles. The summed E-state index contributed by atoms with van der Waals surface area (Å²) in [7, 11) is -3.62. The Morgan fingerprint density at radius 2 is 2.12 bits per heavy atom. The van der Waals surface area contributed by atoms with Crippen molar-refractivity contribution in [2.24, 2.45) is 0 Å². The van der Waals surface area contributed by atoms with E-state index in [1.807, 2.05) is 6.92 Å². The summed E-state index contributed by atoms with van der Waals surface area (Å²) in [5, 5.41) is 8.58. The van der Waals surface area contributed by atoms with Gasteiger partial charge in [-0.05, 0) is 26.8 Å². The van der Waals surface area contributed by atoms with Gasteiger partial charge in [-0.25, -0.2) is 13.1 Å². The maximum atomic E-state index is 12.0. The molecule has 0 amide bonds. The van der Waals surface area contributed by atoms with Crippen LogP contribution in [0.4, 0.5) is 0 Å². The molecule has 7 heteroatoms. The number of carboxylic acid groups (broad SMARTS) is 1. The number of carboxylic acids is 1. The van der Waals surface area contributed by atoms with Gasteiger partial charge in [-0.2, -0.15) is 0 Å². The highest BCUT2D eigenvalue weighted by atomic mass is 32.2. The van der Waals surface area contributed by atoms with Gasteiger partial charge < -0.3 is 5.11 Å². The Kier molecular flexibility index (Phi) is 4.29. The highest BCUT2D eigenvalue weighted by Gasteiger charge is 2.22. The van der Waals surface area contributed by atoms with Crippen LogP contribution < -0.4 is 4.72 Å². The van der Waals surface area contributed by atoms with E-state index in [-0.39, 0.29) is 11.3 Å². The van der Waals surface area contributed by atoms with Gasteiger partial charge in [0.05, 0.1) is 11.3 Å². The van der Waals surface area contributed by atoms with E-state index >= 15 is 0 Å². The fourth-order valence-corrected chi connectivity index (χ4v) is 4.30. The lowest BCUT2D eigenvalue weighted by Crippen LogP contribution is -2.34. The zero-order valence-corrected chi connectivity index (χ0v) is 11.5. The summed E-state index contributed by atoms with van der Waals surface area (Å²) in [5.74, 6) is -1.03. The van der Waals surface area contributed by atoms with Crippen LogP contribution in [0.15, 0.2) is 11.0 Å². The molecule has 0 aliphatic heterocycles. The molecule has 0 aromatic carbocycles. The number of sulfonamides is 1. The molecular weight excluding hydrogens is 262 g/mol. The molecule has 0 fully saturated rings. The van der Waals surface area contributed by atoms with Gasteiger partial charge in [0.25, 0.3) is 0 Å². The van der Waals surface area contributed by atoms with Gasteiger partial charge in [0, 0.05) is 15.8 Å². The highest BCUT2D eigenvalue weighted by Crippen LogP contribution is 2.24. The normalized spacial score (nSPS) is 13.6. The smallest absolute Gasteiger partial charge is 0.304 e. The van der Waals surface area contributed by atoms with Crippen LogP contribution in [-0.2, 0) is 14.8 Å². The van der Waals surface area contributed by atoms with Crippen molar-refractivity contribution in [2.75, 3.05) is 0 Å². The van der Waals surface area contributed by atoms with E-state index in [0.29, 0.717) is 4.88 Å².